The highest BCUT2D eigenvalue weighted by atomic mass is 16.6. The van der Waals surface area contributed by atoms with Crippen LogP contribution in [0.1, 0.15) is 92.9 Å². The molecular formula is C25H40O5. The van der Waals surface area contributed by atoms with Gasteiger partial charge in [-0.2, -0.15) is 0 Å². The van der Waals surface area contributed by atoms with Gasteiger partial charge in [0.15, 0.2) is 0 Å². The quantitative estimate of drug-likeness (QED) is 0.477. The Hall–Kier alpha value is -1.36. The van der Waals surface area contributed by atoms with E-state index in [-0.39, 0.29) is 17.4 Å². The molecule has 5 nitrogen and oxygen atoms in total. The van der Waals surface area contributed by atoms with Crippen molar-refractivity contribution in [3.63, 3.8) is 0 Å². The predicted octanol–water partition coefficient (Wildman–Crippen LogP) is 5.11. The molecule has 0 amide bonds. The lowest BCUT2D eigenvalue weighted by Crippen LogP contribution is -2.71. The number of aliphatic hydroxyl groups is 1. The standard InChI is InChI=1S/C25H40O5/c1-17(27)30-24(6)15-14-22(4)19-9-7-11-21(2,3)18(19)10-13-23(22,5)25(24,20(28)29)12-8-16-26/h10,19,26H,7-9,11-16H2,1-6H3,(H,28,29). The van der Waals surface area contributed by atoms with Gasteiger partial charge in [0.25, 0.3) is 0 Å². The van der Waals surface area contributed by atoms with Crippen molar-refractivity contribution in [1.82, 2.24) is 0 Å². The first-order chi connectivity index (χ1) is 13.8. The van der Waals surface area contributed by atoms with Crippen molar-refractivity contribution >= 4 is 11.9 Å². The topological polar surface area (TPSA) is 83.8 Å². The number of rotatable bonds is 5. The van der Waals surface area contributed by atoms with E-state index in [1.165, 1.54) is 18.9 Å². The number of carbonyl (C=O) groups is 2. The number of aliphatic carboxylic acids is 1. The second-order valence-electron chi connectivity index (χ2n) is 11.3. The summed E-state index contributed by atoms with van der Waals surface area (Å²) in [4.78, 5) is 25.3. The molecule has 2 fully saturated rings. The third-order valence-corrected chi connectivity index (χ3v) is 9.62. The fourth-order valence-corrected chi connectivity index (χ4v) is 7.85. The van der Waals surface area contributed by atoms with E-state index in [9.17, 15) is 19.8 Å². The molecule has 3 aliphatic carbocycles. The second-order valence-corrected chi connectivity index (χ2v) is 11.3. The van der Waals surface area contributed by atoms with E-state index in [1.807, 2.05) is 6.92 Å². The number of aliphatic hydroxyl groups excluding tert-OH is 1. The molecule has 0 heterocycles. The highest BCUT2D eigenvalue weighted by molar-refractivity contribution is 5.79. The lowest BCUT2D eigenvalue weighted by atomic mass is 9.34. The van der Waals surface area contributed by atoms with Gasteiger partial charge in [0.1, 0.15) is 11.0 Å². The number of esters is 1. The van der Waals surface area contributed by atoms with Crippen molar-refractivity contribution in [2.45, 2.75) is 98.5 Å². The number of ether oxygens (including phenoxy) is 1. The Morgan fingerprint density at radius 1 is 1.13 bits per heavy atom. The van der Waals surface area contributed by atoms with Crippen LogP contribution in [0.15, 0.2) is 11.6 Å². The van der Waals surface area contributed by atoms with Crippen LogP contribution in [0.5, 0.6) is 0 Å². The molecule has 170 valence electrons. The second kappa shape index (κ2) is 7.36. The molecule has 2 saturated carbocycles. The number of allylic oxidation sites excluding steroid dienone is 2. The van der Waals surface area contributed by atoms with Gasteiger partial charge in [0.05, 0.1) is 0 Å². The Morgan fingerprint density at radius 3 is 2.37 bits per heavy atom. The van der Waals surface area contributed by atoms with Crippen LogP contribution in [0.4, 0.5) is 0 Å². The lowest BCUT2D eigenvalue weighted by molar-refractivity contribution is -0.257. The molecule has 5 unspecified atom stereocenters. The van der Waals surface area contributed by atoms with Crippen molar-refractivity contribution in [3.05, 3.63) is 11.6 Å². The SMILES string of the molecule is CC(=O)OC1(C)CCC2(C)C3CCCC(C)(C)C3=CCC2(C)C1(CCCO)C(=O)O. The summed E-state index contributed by atoms with van der Waals surface area (Å²) in [6, 6.07) is 0. The van der Waals surface area contributed by atoms with E-state index in [2.05, 4.69) is 33.8 Å². The summed E-state index contributed by atoms with van der Waals surface area (Å²) >= 11 is 0. The largest absolute Gasteiger partial charge is 0.481 e. The molecule has 0 saturated heterocycles. The zero-order valence-electron chi connectivity index (χ0n) is 19.6. The summed E-state index contributed by atoms with van der Waals surface area (Å²) < 4.78 is 5.87. The van der Waals surface area contributed by atoms with Gasteiger partial charge in [-0.05, 0) is 74.0 Å². The molecule has 0 radical (unpaired) electrons. The zero-order chi connectivity index (χ0) is 22.6. The maximum absolute atomic E-state index is 13.2. The monoisotopic (exact) mass is 420 g/mol. The third-order valence-electron chi connectivity index (χ3n) is 9.62. The van der Waals surface area contributed by atoms with Gasteiger partial charge in [-0.25, -0.2) is 0 Å². The van der Waals surface area contributed by atoms with Crippen molar-refractivity contribution in [1.29, 1.82) is 0 Å². The van der Waals surface area contributed by atoms with Gasteiger partial charge in [-0.1, -0.05) is 45.8 Å². The van der Waals surface area contributed by atoms with Gasteiger partial charge in [-0.3, -0.25) is 9.59 Å². The fraction of sp³-hybridized carbons (Fsp3) is 0.840. The van der Waals surface area contributed by atoms with Crippen LogP contribution in [0.3, 0.4) is 0 Å². The van der Waals surface area contributed by atoms with E-state index in [0.717, 1.165) is 19.3 Å². The Labute approximate surface area is 181 Å². The molecule has 0 bridgehead atoms. The average Bonchev–Trinajstić information content (AvgIpc) is 2.62. The molecule has 0 aromatic rings. The number of hydrogen-bond acceptors (Lipinski definition) is 4. The molecule has 0 aromatic heterocycles. The van der Waals surface area contributed by atoms with Crippen molar-refractivity contribution < 1.29 is 24.5 Å². The normalized spacial score (nSPS) is 42.5. The Bertz CT molecular complexity index is 755. The van der Waals surface area contributed by atoms with Crippen LogP contribution in [0.25, 0.3) is 0 Å². The molecule has 2 N–H and O–H groups in total. The maximum atomic E-state index is 13.2. The highest BCUT2D eigenvalue weighted by Gasteiger charge is 2.75. The molecule has 3 rings (SSSR count). The van der Waals surface area contributed by atoms with Crippen LogP contribution in [-0.4, -0.2) is 34.4 Å². The Kier molecular flexibility index (Phi) is 5.71. The van der Waals surface area contributed by atoms with Crippen molar-refractivity contribution in [2.24, 2.45) is 27.6 Å². The molecule has 0 spiro atoms. The van der Waals surface area contributed by atoms with Gasteiger partial charge >= 0.3 is 11.9 Å². The third kappa shape index (κ3) is 2.91. The molecule has 5 heteroatoms. The number of carbonyl (C=O) groups excluding carboxylic acids is 1. The molecule has 3 aliphatic rings. The van der Waals surface area contributed by atoms with Crippen LogP contribution < -0.4 is 0 Å². The van der Waals surface area contributed by atoms with Crippen molar-refractivity contribution in [2.75, 3.05) is 6.61 Å². The molecule has 0 aromatic carbocycles. The summed E-state index contributed by atoms with van der Waals surface area (Å²) in [6.07, 6.45) is 8.42. The Balaban J connectivity index is 2.25. The van der Waals surface area contributed by atoms with Gasteiger partial charge in [0.2, 0.25) is 0 Å². The first kappa shape index (κ1) is 23.3. The summed E-state index contributed by atoms with van der Waals surface area (Å²) in [7, 11) is 0. The van der Waals surface area contributed by atoms with Crippen LogP contribution in [0.2, 0.25) is 0 Å². The summed E-state index contributed by atoms with van der Waals surface area (Å²) in [5.41, 5.74) is -1.53. The Morgan fingerprint density at radius 2 is 1.80 bits per heavy atom. The smallest absolute Gasteiger partial charge is 0.314 e. The summed E-state index contributed by atoms with van der Waals surface area (Å²) in [6.45, 7) is 12.1. The first-order valence-corrected chi connectivity index (χ1v) is 11.6. The number of carboxylic acid groups (broad SMARTS) is 1. The maximum Gasteiger partial charge on any atom is 0.314 e. The van der Waals surface area contributed by atoms with Crippen LogP contribution >= 0.6 is 0 Å². The number of fused-ring (bicyclic) bond motifs is 3. The van der Waals surface area contributed by atoms with Crippen LogP contribution in [0, 0.1) is 27.6 Å². The minimum absolute atomic E-state index is 0.0739. The summed E-state index contributed by atoms with van der Waals surface area (Å²) in [5.74, 6) is -1.00. The lowest BCUT2D eigenvalue weighted by Gasteiger charge is -2.70. The predicted molar refractivity (Wildman–Crippen MR) is 116 cm³/mol. The highest BCUT2D eigenvalue weighted by Crippen LogP contribution is 2.74. The molecular weight excluding hydrogens is 380 g/mol. The fourth-order valence-electron chi connectivity index (χ4n) is 7.85. The molecule has 0 aliphatic heterocycles. The van der Waals surface area contributed by atoms with E-state index in [4.69, 9.17) is 4.74 Å². The van der Waals surface area contributed by atoms with Gasteiger partial charge in [0, 0.05) is 13.5 Å². The van der Waals surface area contributed by atoms with E-state index in [1.54, 1.807) is 0 Å². The minimum Gasteiger partial charge on any atom is -0.481 e. The first-order valence-electron chi connectivity index (χ1n) is 11.6. The van der Waals surface area contributed by atoms with E-state index in [0.29, 0.717) is 31.6 Å². The molecule has 30 heavy (non-hydrogen) atoms. The summed E-state index contributed by atoms with van der Waals surface area (Å²) in [5, 5.41) is 20.4. The van der Waals surface area contributed by atoms with E-state index < -0.39 is 28.4 Å². The van der Waals surface area contributed by atoms with Gasteiger partial charge in [-0.15, -0.1) is 0 Å². The van der Waals surface area contributed by atoms with E-state index >= 15 is 0 Å². The van der Waals surface area contributed by atoms with Crippen molar-refractivity contribution in [3.8, 4) is 0 Å². The molecule has 5 atom stereocenters. The number of hydrogen-bond donors (Lipinski definition) is 2. The minimum atomic E-state index is -1.26. The zero-order valence-corrected chi connectivity index (χ0v) is 19.6. The average molecular weight is 421 g/mol. The number of carboxylic acids is 1. The van der Waals surface area contributed by atoms with Gasteiger partial charge < -0.3 is 14.9 Å². The van der Waals surface area contributed by atoms with Crippen LogP contribution in [-0.2, 0) is 14.3 Å².